The number of pyridine rings is 1. The highest BCUT2D eigenvalue weighted by atomic mass is 35.5. The zero-order valence-electron chi connectivity index (χ0n) is 17.7. The zero-order valence-corrected chi connectivity index (χ0v) is 18.5. The quantitative estimate of drug-likeness (QED) is 0.457. The summed E-state index contributed by atoms with van der Waals surface area (Å²) in [6.07, 6.45) is -2.69. The highest BCUT2D eigenvalue weighted by molar-refractivity contribution is 6.29. The van der Waals surface area contributed by atoms with Gasteiger partial charge in [-0.1, -0.05) is 11.6 Å². The fourth-order valence-corrected chi connectivity index (χ4v) is 3.45. The van der Waals surface area contributed by atoms with Crippen molar-refractivity contribution in [3.63, 3.8) is 0 Å². The van der Waals surface area contributed by atoms with E-state index in [4.69, 9.17) is 16.3 Å². The normalized spacial score (nSPS) is 11.6. The summed E-state index contributed by atoms with van der Waals surface area (Å²) < 4.78 is 46.2. The van der Waals surface area contributed by atoms with Gasteiger partial charge in [0.1, 0.15) is 10.9 Å². The van der Waals surface area contributed by atoms with Crippen molar-refractivity contribution in [1.82, 2.24) is 25.0 Å². The van der Waals surface area contributed by atoms with Crippen molar-refractivity contribution in [3.8, 4) is 17.1 Å². The second kappa shape index (κ2) is 9.64. The summed E-state index contributed by atoms with van der Waals surface area (Å²) in [7, 11) is 1.41. The number of nitrogens with zero attached hydrogens (tertiary/aromatic N) is 5. The summed E-state index contributed by atoms with van der Waals surface area (Å²) in [6.45, 7) is 3.90. The van der Waals surface area contributed by atoms with Crippen LogP contribution in [0.5, 0.6) is 5.88 Å². The molecule has 0 aliphatic rings. The summed E-state index contributed by atoms with van der Waals surface area (Å²) >= 11 is 5.97. The molecule has 0 unspecified atom stereocenters. The second-order valence-electron chi connectivity index (χ2n) is 7.21. The average Bonchev–Trinajstić information content (AvgIpc) is 3.08. The van der Waals surface area contributed by atoms with E-state index in [0.29, 0.717) is 35.7 Å². The monoisotopic (exact) mass is 467 g/mol. The van der Waals surface area contributed by atoms with E-state index in [1.807, 2.05) is 6.92 Å². The van der Waals surface area contributed by atoms with Crippen LogP contribution in [0.3, 0.4) is 0 Å². The molecule has 0 saturated carbocycles. The van der Waals surface area contributed by atoms with Crippen LogP contribution in [0.25, 0.3) is 11.3 Å². The van der Waals surface area contributed by atoms with Gasteiger partial charge in [0.25, 0.3) is 0 Å². The molecule has 7 nitrogen and oxygen atoms in total. The number of aromatic nitrogens is 5. The van der Waals surface area contributed by atoms with Gasteiger partial charge in [0.05, 0.1) is 23.6 Å². The fraction of sp³-hybridized carbons (Fsp3) is 0.381. The summed E-state index contributed by atoms with van der Waals surface area (Å²) in [5, 5.41) is 11.7. The number of halogens is 4. The molecule has 0 aliphatic heterocycles. The first-order valence-electron chi connectivity index (χ1n) is 9.82. The minimum atomic E-state index is -4.60. The highest BCUT2D eigenvalue weighted by Crippen LogP contribution is 2.36. The van der Waals surface area contributed by atoms with E-state index in [-0.39, 0.29) is 35.0 Å². The van der Waals surface area contributed by atoms with E-state index < -0.39 is 11.9 Å². The molecule has 0 bridgehead atoms. The Hall–Kier alpha value is -3.01. The van der Waals surface area contributed by atoms with E-state index in [1.54, 1.807) is 25.1 Å². The van der Waals surface area contributed by atoms with Crippen LogP contribution in [0.15, 0.2) is 24.4 Å². The first kappa shape index (κ1) is 23.6. The van der Waals surface area contributed by atoms with Gasteiger partial charge in [-0.25, -0.2) is 4.98 Å². The first-order valence-corrected chi connectivity index (χ1v) is 10.2. The number of carbonyl (C=O) groups excluding carboxylic acids is 1. The van der Waals surface area contributed by atoms with E-state index in [0.717, 1.165) is 4.68 Å². The molecule has 11 heteroatoms. The number of rotatable bonds is 8. The van der Waals surface area contributed by atoms with Crippen LogP contribution < -0.4 is 4.74 Å². The maximum absolute atomic E-state index is 13.3. The third-order valence-corrected chi connectivity index (χ3v) is 4.76. The van der Waals surface area contributed by atoms with Crippen LogP contribution in [0.1, 0.15) is 35.9 Å². The second-order valence-corrected chi connectivity index (χ2v) is 7.60. The molecule has 3 rings (SSSR count). The Morgan fingerprint density at radius 1 is 1.22 bits per heavy atom. The first-order chi connectivity index (χ1) is 15.1. The molecule has 3 heterocycles. The van der Waals surface area contributed by atoms with Crippen molar-refractivity contribution in [2.24, 2.45) is 7.05 Å². The van der Waals surface area contributed by atoms with Crippen molar-refractivity contribution in [2.75, 3.05) is 6.61 Å². The number of ketones is 1. The van der Waals surface area contributed by atoms with Crippen LogP contribution in [-0.2, 0) is 30.9 Å². The topological polar surface area (TPSA) is 82.8 Å². The molecule has 0 amide bonds. The number of Topliss-reactive ketones (excluding diaryl/α,β-unsaturated/α-hetero) is 1. The summed E-state index contributed by atoms with van der Waals surface area (Å²) in [4.78, 5) is 16.4. The van der Waals surface area contributed by atoms with Gasteiger partial charge in [0, 0.05) is 32.2 Å². The van der Waals surface area contributed by atoms with E-state index in [9.17, 15) is 18.0 Å². The van der Waals surface area contributed by atoms with Crippen molar-refractivity contribution in [2.45, 2.75) is 39.3 Å². The number of hydrogen-bond acceptors (Lipinski definition) is 6. The van der Waals surface area contributed by atoms with Crippen LogP contribution in [0, 0.1) is 6.92 Å². The molecule has 0 aromatic carbocycles. The molecular weight excluding hydrogens is 447 g/mol. The van der Waals surface area contributed by atoms with Gasteiger partial charge in [-0.15, -0.1) is 5.10 Å². The molecular formula is C21H21ClF3N5O2. The van der Waals surface area contributed by atoms with Gasteiger partial charge < -0.3 is 4.74 Å². The smallest absolute Gasteiger partial charge is 0.435 e. The molecule has 0 N–H and O–H groups in total. The van der Waals surface area contributed by atoms with Gasteiger partial charge in [0.15, 0.2) is 5.69 Å². The van der Waals surface area contributed by atoms with E-state index >= 15 is 0 Å². The molecule has 3 aromatic rings. The number of alkyl halides is 3. The summed E-state index contributed by atoms with van der Waals surface area (Å²) in [5.41, 5.74) is 0.681. The number of aryl methyl sites for hydroxylation is 3. The molecule has 3 aromatic heterocycles. The van der Waals surface area contributed by atoms with Crippen LogP contribution in [-0.4, -0.2) is 37.4 Å². The molecule has 0 radical (unpaired) electrons. The molecule has 170 valence electrons. The third kappa shape index (κ3) is 5.82. The Kier molecular flexibility index (Phi) is 7.12. The van der Waals surface area contributed by atoms with E-state index in [1.165, 1.54) is 13.2 Å². The molecule has 0 aliphatic carbocycles. The third-order valence-electron chi connectivity index (χ3n) is 4.57. The highest BCUT2D eigenvalue weighted by Gasteiger charge is 2.38. The number of carbonyl (C=O) groups is 1. The maximum atomic E-state index is 13.3. The molecule has 0 fully saturated rings. The average molecular weight is 468 g/mol. The number of hydrogen-bond donors (Lipinski definition) is 0. The summed E-state index contributed by atoms with van der Waals surface area (Å²) in [5.74, 6) is 0.304. The Labute approximate surface area is 187 Å². The van der Waals surface area contributed by atoms with E-state index in [2.05, 4.69) is 20.3 Å². The molecule has 0 atom stereocenters. The van der Waals surface area contributed by atoms with Gasteiger partial charge in [-0.2, -0.15) is 23.4 Å². The van der Waals surface area contributed by atoms with Gasteiger partial charge in [0.2, 0.25) is 5.88 Å². The minimum absolute atomic E-state index is 0.0511. The van der Waals surface area contributed by atoms with Crippen molar-refractivity contribution < 1.29 is 22.7 Å². The van der Waals surface area contributed by atoms with Crippen molar-refractivity contribution in [1.29, 1.82) is 0 Å². The SMILES string of the molecule is CCOc1cc(CC(=O)CCc2cc(C)c(-c3cn(C)nc3C(F)(F)F)nn2)cc(Cl)n1. The Morgan fingerprint density at radius 3 is 2.62 bits per heavy atom. The van der Waals surface area contributed by atoms with Gasteiger partial charge in [-0.3, -0.25) is 9.48 Å². The lowest BCUT2D eigenvalue weighted by Gasteiger charge is -2.09. The zero-order chi connectivity index (χ0) is 23.5. The molecule has 0 saturated heterocycles. The van der Waals surface area contributed by atoms with Gasteiger partial charge >= 0.3 is 6.18 Å². The molecule has 32 heavy (non-hydrogen) atoms. The van der Waals surface area contributed by atoms with Crippen molar-refractivity contribution >= 4 is 17.4 Å². The Morgan fingerprint density at radius 2 is 1.97 bits per heavy atom. The predicted octanol–water partition coefficient (Wildman–Crippen LogP) is 4.40. The lowest BCUT2D eigenvalue weighted by atomic mass is 10.0. The van der Waals surface area contributed by atoms with Crippen LogP contribution in [0.4, 0.5) is 13.2 Å². The minimum Gasteiger partial charge on any atom is -0.478 e. The Balaban J connectivity index is 1.69. The fourth-order valence-electron chi connectivity index (χ4n) is 3.23. The lowest BCUT2D eigenvalue weighted by molar-refractivity contribution is -0.141. The Bertz CT molecular complexity index is 1130. The standard InChI is InChI=1S/C21H21ClF3N5O2/c1-4-32-18-10-13(9-17(22)26-18)8-15(31)6-5-14-7-12(2)19(28-27-14)16-11-30(3)29-20(16)21(23,24)25/h7,9-11H,4-6,8H2,1-3H3. The molecule has 0 spiro atoms. The predicted molar refractivity (Wildman–Crippen MR) is 111 cm³/mol. The maximum Gasteiger partial charge on any atom is 0.435 e. The summed E-state index contributed by atoms with van der Waals surface area (Å²) in [6, 6.07) is 4.91. The number of ether oxygens (including phenoxy) is 1. The van der Waals surface area contributed by atoms with Crippen LogP contribution >= 0.6 is 11.6 Å². The van der Waals surface area contributed by atoms with Crippen molar-refractivity contribution in [3.05, 3.63) is 52.1 Å². The van der Waals surface area contributed by atoms with Gasteiger partial charge in [-0.05, 0) is 43.5 Å². The largest absolute Gasteiger partial charge is 0.478 e. The lowest BCUT2D eigenvalue weighted by Crippen LogP contribution is -2.10. The van der Waals surface area contributed by atoms with Crippen LogP contribution in [0.2, 0.25) is 5.15 Å².